The Kier molecular flexibility index (Phi) is 5.61. The number of hydrogen-bond donors (Lipinski definition) is 1. The predicted molar refractivity (Wildman–Crippen MR) is 90.2 cm³/mol. The molecule has 1 atom stereocenters. The first-order valence-corrected chi connectivity index (χ1v) is 8.10. The monoisotopic (exact) mass is 289 g/mol. The van der Waals surface area contributed by atoms with Gasteiger partial charge in [0.1, 0.15) is 0 Å². The molecule has 0 aliphatic heterocycles. The fraction of sp³-hybridized carbons (Fsp3) is 0.632. The lowest BCUT2D eigenvalue weighted by Crippen LogP contribution is -2.51. The highest BCUT2D eigenvalue weighted by atomic mass is 16.2. The maximum absolute atomic E-state index is 12.4. The highest BCUT2D eigenvalue weighted by Gasteiger charge is 2.50. The van der Waals surface area contributed by atoms with Crippen molar-refractivity contribution in [2.75, 3.05) is 0 Å². The van der Waals surface area contributed by atoms with Crippen LogP contribution in [0.4, 0.5) is 0 Å². The maximum atomic E-state index is 12.4. The van der Waals surface area contributed by atoms with Crippen LogP contribution in [-0.4, -0.2) is 5.91 Å². The number of carbonyl (C=O) groups excluding carboxylic acids is 1. The van der Waals surface area contributed by atoms with E-state index in [1.807, 2.05) is 26.0 Å². The van der Waals surface area contributed by atoms with Crippen LogP contribution < -0.4 is 5.32 Å². The topological polar surface area (TPSA) is 29.1 Å². The summed E-state index contributed by atoms with van der Waals surface area (Å²) in [5.74, 6) is 0.197. The Morgan fingerprint density at radius 1 is 1.14 bits per heavy atom. The molecule has 0 radical (unpaired) electrons. The Morgan fingerprint density at radius 2 is 1.67 bits per heavy atom. The van der Waals surface area contributed by atoms with E-state index in [-0.39, 0.29) is 17.4 Å². The van der Waals surface area contributed by atoms with Crippen molar-refractivity contribution < 1.29 is 4.79 Å². The van der Waals surface area contributed by atoms with Gasteiger partial charge in [0.05, 0.1) is 6.04 Å². The Balaban J connectivity index is 0.00000106. The summed E-state index contributed by atoms with van der Waals surface area (Å²) in [4.78, 5) is 12.4. The van der Waals surface area contributed by atoms with Gasteiger partial charge in [-0.25, -0.2) is 0 Å². The first-order chi connectivity index (χ1) is 9.73. The molecule has 2 rings (SSSR count). The number of nitrogens with one attached hydrogen (secondary N) is 1. The van der Waals surface area contributed by atoms with Crippen LogP contribution in [0.2, 0.25) is 0 Å². The average molecular weight is 289 g/mol. The first kappa shape index (κ1) is 17.7. The molecule has 0 aromatic heterocycles. The third kappa shape index (κ3) is 4.09. The van der Waals surface area contributed by atoms with Gasteiger partial charge in [-0.15, -0.1) is 0 Å². The van der Waals surface area contributed by atoms with E-state index in [0.29, 0.717) is 5.41 Å². The third-order valence-corrected chi connectivity index (χ3v) is 4.29. The summed E-state index contributed by atoms with van der Waals surface area (Å²) in [5.41, 5.74) is 2.57. The predicted octanol–water partition coefficient (Wildman–Crippen LogP) is 5.02. The van der Waals surface area contributed by atoms with Crippen LogP contribution in [0.15, 0.2) is 24.3 Å². The molecule has 0 spiro atoms. The molecule has 2 heteroatoms. The number of amides is 1. The molecule has 21 heavy (non-hydrogen) atoms. The molecule has 0 bridgehead atoms. The van der Waals surface area contributed by atoms with Gasteiger partial charge in [0.25, 0.3) is 0 Å². The van der Waals surface area contributed by atoms with Crippen LogP contribution in [0.25, 0.3) is 0 Å². The van der Waals surface area contributed by atoms with Crippen molar-refractivity contribution >= 4 is 5.91 Å². The molecular weight excluding hydrogens is 258 g/mol. The lowest BCUT2D eigenvalue weighted by molar-refractivity contribution is -0.143. The molecule has 1 aliphatic carbocycles. The summed E-state index contributed by atoms with van der Waals surface area (Å²) < 4.78 is 0. The van der Waals surface area contributed by atoms with E-state index in [1.54, 1.807) is 0 Å². The highest BCUT2D eigenvalue weighted by molar-refractivity contribution is 5.83. The lowest BCUT2D eigenvalue weighted by atomic mass is 9.55. The second-order valence-corrected chi connectivity index (χ2v) is 7.13. The minimum atomic E-state index is -0.180. The van der Waals surface area contributed by atoms with Crippen molar-refractivity contribution in [3.05, 3.63) is 35.4 Å². The number of rotatable bonds is 3. The summed E-state index contributed by atoms with van der Waals surface area (Å²) >= 11 is 0. The van der Waals surface area contributed by atoms with Crippen molar-refractivity contribution in [2.45, 2.75) is 67.3 Å². The quantitative estimate of drug-likeness (QED) is 0.831. The second kappa shape index (κ2) is 6.64. The molecule has 0 heterocycles. The summed E-state index contributed by atoms with van der Waals surface area (Å²) in [6.07, 6.45) is 1.96. The molecule has 1 fully saturated rings. The molecule has 1 aliphatic rings. The molecule has 0 saturated heterocycles. The Morgan fingerprint density at radius 3 is 2.14 bits per heavy atom. The molecular formula is C19H31NO. The van der Waals surface area contributed by atoms with Crippen LogP contribution in [0.5, 0.6) is 0 Å². The summed E-state index contributed by atoms with van der Waals surface area (Å²) in [5, 5.41) is 3.18. The van der Waals surface area contributed by atoms with E-state index in [9.17, 15) is 4.79 Å². The smallest absolute Gasteiger partial charge is 0.226 e. The zero-order valence-electron chi connectivity index (χ0n) is 14.7. The van der Waals surface area contributed by atoms with Gasteiger partial charge in [-0.1, -0.05) is 58.9 Å². The zero-order chi connectivity index (χ0) is 16.3. The molecule has 118 valence electrons. The number of hydrogen-bond acceptors (Lipinski definition) is 1. The van der Waals surface area contributed by atoms with E-state index in [2.05, 4.69) is 52.1 Å². The van der Waals surface area contributed by atoms with Gasteiger partial charge in [-0.3, -0.25) is 4.79 Å². The highest BCUT2D eigenvalue weighted by Crippen LogP contribution is 2.54. The van der Waals surface area contributed by atoms with Crippen LogP contribution in [0.3, 0.4) is 0 Å². The van der Waals surface area contributed by atoms with Crippen molar-refractivity contribution in [2.24, 2.45) is 10.8 Å². The van der Waals surface area contributed by atoms with Gasteiger partial charge in [0, 0.05) is 5.41 Å². The summed E-state index contributed by atoms with van der Waals surface area (Å²) in [6, 6.07) is 8.32. The van der Waals surface area contributed by atoms with Gasteiger partial charge in [-0.05, 0) is 43.2 Å². The van der Waals surface area contributed by atoms with Gasteiger partial charge >= 0.3 is 0 Å². The Hall–Kier alpha value is -1.31. The normalized spacial score (nSPS) is 19.6. The van der Waals surface area contributed by atoms with Crippen molar-refractivity contribution in [1.82, 2.24) is 5.32 Å². The number of aryl methyl sites for hydroxylation is 1. The third-order valence-electron chi connectivity index (χ3n) is 4.29. The summed E-state index contributed by atoms with van der Waals surface area (Å²) in [7, 11) is 0. The lowest BCUT2D eigenvalue weighted by Gasteiger charge is -2.50. The summed E-state index contributed by atoms with van der Waals surface area (Å²) in [6.45, 7) is 14.7. The molecule has 1 unspecified atom stereocenters. The van der Waals surface area contributed by atoms with Crippen molar-refractivity contribution in [3.63, 3.8) is 0 Å². The van der Waals surface area contributed by atoms with E-state index >= 15 is 0 Å². The standard InChI is InChI=1S/C17H25NO.C2H6/c1-12-8-6-7-9-14(12)13(2)18-15(19)17(5)10-16(3,4)11-17;1-2/h6-9,13H,10-11H2,1-5H3,(H,18,19);1-2H3. The van der Waals surface area contributed by atoms with E-state index in [4.69, 9.17) is 0 Å². The Labute approximate surface area is 130 Å². The largest absolute Gasteiger partial charge is 0.349 e. The van der Waals surface area contributed by atoms with Crippen molar-refractivity contribution in [1.29, 1.82) is 0 Å². The first-order valence-electron chi connectivity index (χ1n) is 8.10. The molecule has 1 aromatic rings. The maximum Gasteiger partial charge on any atom is 0.226 e. The number of carbonyl (C=O) groups is 1. The van der Waals surface area contributed by atoms with Crippen LogP contribution >= 0.6 is 0 Å². The Bertz CT molecular complexity index is 482. The van der Waals surface area contributed by atoms with E-state index < -0.39 is 0 Å². The molecule has 1 aromatic carbocycles. The van der Waals surface area contributed by atoms with Crippen LogP contribution in [0.1, 0.15) is 71.6 Å². The minimum Gasteiger partial charge on any atom is -0.349 e. The van der Waals surface area contributed by atoms with Gasteiger partial charge < -0.3 is 5.32 Å². The SMILES string of the molecule is CC.Cc1ccccc1C(C)NC(=O)C1(C)CC(C)(C)C1. The fourth-order valence-electron chi connectivity index (χ4n) is 3.74. The van der Waals surface area contributed by atoms with E-state index in [0.717, 1.165) is 12.8 Å². The van der Waals surface area contributed by atoms with Crippen molar-refractivity contribution in [3.8, 4) is 0 Å². The van der Waals surface area contributed by atoms with Crippen LogP contribution in [0, 0.1) is 17.8 Å². The average Bonchev–Trinajstić information content (AvgIpc) is 2.39. The zero-order valence-corrected chi connectivity index (χ0v) is 14.7. The molecule has 1 N–H and O–H groups in total. The van der Waals surface area contributed by atoms with Crippen LogP contribution in [-0.2, 0) is 4.79 Å². The molecule has 2 nitrogen and oxygen atoms in total. The van der Waals surface area contributed by atoms with Gasteiger partial charge in [0.2, 0.25) is 5.91 Å². The minimum absolute atomic E-state index is 0.0780. The van der Waals surface area contributed by atoms with Gasteiger partial charge in [-0.2, -0.15) is 0 Å². The number of benzene rings is 1. The fourth-order valence-corrected chi connectivity index (χ4v) is 3.74. The van der Waals surface area contributed by atoms with E-state index in [1.165, 1.54) is 11.1 Å². The second-order valence-electron chi connectivity index (χ2n) is 7.13. The molecule has 1 amide bonds. The molecule has 1 saturated carbocycles. The van der Waals surface area contributed by atoms with Gasteiger partial charge in [0.15, 0.2) is 0 Å².